The zero-order valence-electron chi connectivity index (χ0n) is 17.7. The van der Waals surface area contributed by atoms with Crippen LogP contribution in [0.15, 0.2) is 60.8 Å². The van der Waals surface area contributed by atoms with E-state index in [0.717, 1.165) is 41.7 Å². The number of carboxylic acids is 1. The Kier molecular flexibility index (Phi) is 6.05. The van der Waals surface area contributed by atoms with Crippen molar-refractivity contribution >= 4 is 38.3 Å². The predicted octanol–water partition coefficient (Wildman–Crippen LogP) is 4.63. The van der Waals surface area contributed by atoms with Crippen molar-refractivity contribution in [1.82, 2.24) is 9.97 Å². The average Bonchev–Trinajstić information content (AvgIpc) is 3.26. The number of anilines is 2. The lowest BCUT2D eigenvalue weighted by atomic mass is 10.1. The lowest BCUT2D eigenvalue weighted by molar-refractivity contribution is 0.0690. The number of hydrogen-bond acceptors (Lipinski definition) is 8. The van der Waals surface area contributed by atoms with E-state index in [0.29, 0.717) is 18.0 Å². The highest BCUT2D eigenvalue weighted by Gasteiger charge is 2.15. The zero-order chi connectivity index (χ0) is 22.6. The molecule has 2 aromatic carbocycles. The summed E-state index contributed by atoms with van der Waals surface area (Å²) >= 11 is 1.55. The van der Waals surface area contributed by atoms with Gasteiger partial charge in [0.1, 0.15) is 11.5 Å². The van der Waals surface area contributed by atoms with Gasteiger partial charge in [-0.3, -0.25) is 0 Å². The first-order valence-electron chi connectivity index (χ1n) is 10.6. The summed E-state index contributed by atoms with van der Waals surface area (Å²) in [4.78, 5) is 22.0. The van der Waals surface area contributed by atoms with E-state index in [-0.39, 0.29) is 5.69 Å². The second-order valence-corrected chi connectivity index (χ2v) is 8.54. The molecular formula is C24H22N4O4S. The normalized spacial score (nSPS) is 13.8. The number of fused-ring (bicyclic) bond motifs is 1. The fourth-order valence-electron chi connectivity index (χ4n) is 3.72. The van der Waals surface area contributed by atoms with Crippen LogP contribution in [0.3, 0.4) is 0 Å². The molecule has 2 N–H and O–H groups in total. The minimum absolute atomic E-state index is 0.0600. The first-order chi connectivity index (χ1) is 16.2. The van der Waals surface area contributed by atoms with Crippen LogP contribution >= 0.6 is 11.3 Å². The van der Waals surface area contributed by atoms with Gasteiger partial charge in [-0.15, -0.1) is 0 Å². The molecule has 1 aliphatic heterocycles. The van der Waals surface area contributed by atoms with Gasteiger partial charge in [-0.25, -0.2) is 14.8 Å². The summed E-state index contributed by atoms with van der Waals surface area (Å²) in [7, 11) is 0. The lowest BCUT2D eigenvalue weighted by Crippen LogP contribution is -2.36. The predicted molar refractivity (Wildman–Crippen MR) is 128 cm³/mol. The van der Waals surface area contributed by atoms with Gasteiger partial charge in [-0.1, -0.05) is 29.5 Å². The molecule has 5 rings (SSSR count). The van der Waals surface area contributed by atoms with Crippen LogP contribution in [0.4, 0.5) is 10.8 Å². The zero-order valence-corrected chi connectivity index (χ0v) is 18.5. The van der Waals surface area contributed by atoms with Crippen LogP contribution in [-0.4, -0.2) is 47.3 Å². The first-order valence-corrected chi connectivity index (χ1v) is 11.4. The molecule has 1 aliphatic rings. The number of thiazole rings is 1. The Bertz CT molecular complexity index is 1290. The van der Waals surface area contributed by atoms with Crippen LogP contribution in [0.5, 0.6) is 11.5 Å². The number of rotatable bonds is 7. The third kappa shape index (κ3) is 4.89. The smallest absolute Gasteiger partial charge is 0.354 e. The summed E-state index contributed by atoms with van der Waals surface area (Å²) in [6, 6.07) is 17.1. The van der Waals surface area contributed by atoms with Crippen LogP contribution in [0, 0.1) is 0 Å². The maximum Gasteiger partial charge on any atom is 0.354 e. The molecule has 2 aromatic heterocycles. The molecule has 0 aliphatic carbocycles. The fraction of sp³-hybridized carbons (Fsp3) is 0.208. The number of nitrogens with zero attached hydrogens (tertiary/aromatic N) is 3. The fourth-order valence-corrected chi connectivity index (χ4v) is 4.61. The average molecular weight is 463 g/mol. The van der Waals surface area contributed by atoms with E-state index in [1.807, 2.05) is 18.2 Å². The molecule has 0 spiro atoms. The molecule has 9 heteroatoms. The minimum atomic E-state index is -1.09. The summed E-state index contributed by atoms with van der Waals surface area (Å²) in [6.07, 6.45) is 1.42. The summed E-state index contributed by atoms with van der Waals surface area (Å²) in [5.41, 5.74) is 3.25. The van der Waals surface area contributed by atoms with E-state index in [9.17, 15) is 4.79 Å². The third-order valence-corrected chi connectivity index (χ3v) is 6.30. The lowest BCUT2D eigenvalue weighted by Gasteiger charge is -2.30. The number of morpholine rings is 1. The van der Waals surface area contributed by atoms with Crippen molar-refractivity contribution < 1.29 is 19.4 Å². The minimum Gasteiger partial charge on any atom is -0.477 e. The second kappa shape index (κ2) is 9.43. The highest BCUT2D eigenvalue weighted by Crippen LogP contribution is 2.32. The molecule has 0 unspecified atom stereocenters. The van der Waals surface area contributed by atoms with Gasteiger partial charge in [0, 0.05) is 43.7 Å². The Morgan fingerprint density at radius 2 is 1.94 bits per heavy atom. The number of carboxylic acid groups (broad SMARTS) is 1. The standard InChI is InChI=1S/C24H22N4O4S/c29-23(30)20-13-18(7-8-25-20)32-17-5-6-19-22(14-17)33-24(27-19)26-15-16-3-1-2-4-21(16)28-9-11-31-12-10-28/h1-8,13-14H,9-12,15H2,(H,26,27)(H,29,30). The molecule has 0 amide bonds. The Balaban J connectivity index is 1.30. The molecule has 168 valence electrons. The van der Waals surface area contributed by atoms with Crippen LogP contribution in [-0.2, 0) is 11.3 Å². The highest BCUT2D eigenvalue weighted by molar-refractivity contribution is 7.22. The molecular weight excluding hydrogens is 440 g/mol. The molecule has 0 atom stereocenters. The molecule has 0 radical (unpaired) electrons. The summed E-state index contributed by atoms with van der Waals surface area (Å²) < 4.78 is 12.3. The number of carbonyl (C=O) groups is 1. The number of nitrogens with one attached hydrogen (secondary N) is 1. The van der Waals surface area contributed by atoms with Crippen LogP contribution in [0.1, 0.15) is 16.1 Å². The van der Waals surface area contributed by atoms with Gasteiger partial charge in [-0.05, 0) is 29.8 Å². The van der Waals surface area contributed by atoms with Gasteiger partial charge >= 0.3 is 5.97 Å². The largest absolute Gasteiger partial charge is 0.477 e. The molecule has 0 bridgehead atoms. The number of aromatic carboxylic acids is 1. The van der Waals surface area contributed by atoms with E-state index < -0.39 is 5.97 Å². The van der Waals surface area contributed by atoms with E-state index >= 15 is 0 Å². The SMILES string of the molecule is O=C(O)c1cc(Oc2ccc3nc(NCc4ccccc4N4CCOCC4)sc3c2)ccn1. The monoisotopic (exact) mass is 462 g/mol. The number of hydrogen-bond donors (Lipinski definition) is 2. The van der Waals surface area contributed by atoms with Gasteiger partial charge in [0.05, 0.1) is 23.4 Å². The van der Waals surface area contributed by atoms with Gasteiger partial charge in [0.15, 0.2) is 10.8 Å². The number of benzene rings is 2. The Labute approximate surface area is 194 Å². The maximum absolute atomic E-state index is 11.1. The van der Waals surface area contributed by atoms with Crippen LogP contribution < -0.4 is 15.0 Å². The molecule has 1 fully saturated rings. The van der Waals surface area contributed by atoms with Gasteiger partial charge in [0.2, 0.25) is 0 Å². The summed E-state index contributed by atoms with van der Waals surface area (Å²) in [6.45, 7) is 3.96. The highest BCUT2D eigenvalue weighted by atomic mass is 32.1. The van der Waals surface area contributed by atoms with E-state index in [1.165, 1.54) is 23.5 Å². The van der Waals surface area contributed by atoms with Crippen LogP contribution in [0.25, 0.3) is 10.2 Å². The van der Waals surface area contributed by atoms with Crippen molar-refractivity contribution in [3.63, 3.8) is 0 Å². The number of ether oxygens (including phenoxy) is 2. The molecule has 33 heavy (non-hydrogen) atoms. The number of para-hydroxylation sites is 1. The second-order valence-electron chi connectivity index (χ2n) is 7.51. The van der Waals surface area contributed by atoms with E-state index in [4.69, 9.17) is 14.6 Å². The van der Waals surface area contributed by atoms with Gasteiger partial charge < -0.3 is 24.8 Å². The molecule has 1 saturated heterocycles. The topological polar surface area (TPSA) is 96.8 Å². The Morgan fingerprint density at radius 3 is 2.79 bits per heavy atom. The molecule has 8 nitrogen and oxygen atoms in total. The summed E-state index contributed by atoms with van der Waals surface area (Å²) in [5.74, 6) is -0.0634. The van der Waals surface area contributed by atoms with Crippen molar-refractivity contribution in [2.45, 2.75) is 6.54 Å². The molecule has 3 heterocycles. The summed E-state index contributed by atoms with van der Waals surface area (Å²) in [5, 5.41) is 13.4. The van der Waals surface area contributed by atoms with Crippen molar-refractivity contribution in [1.29, 1.82) is 0 Å². The van der Waals surface area contributed by atoms with E-state index in [1.54, 1.807) is 17.4 Å². The Morgan fingerprint density at radius 1 is 1.12 bits per heavy atom. The number of aromatic nitrogens is 2. The maximum atomic E-state index is 11.1. The van der Waals surface area contributed by atoms with E-state index in [2.05, 4.69) is 44.5 Å². The molecule has 0 saturated carbocycles. The van der Waals surface area contributed by atoms with Crippen molar-refractivity contribution in [3.8, 4) is 11.5 Å². The molecule has 4 aromatic rings. The third-order valence-electron chi connectivity index (χ3n) is 5.32. The number of pyridine rings is 1. The van der Waals surface area contributed by atoms with Crippen molar-refractivity contribution in [3.05, 3.63) is 72.1 Å². The first kappa shape index (κ1) is 21.2. The van der Waals surface area contributed by atoms with Gasteiger partial charge in [-0.2, -0.15) is 0 Å². The Hall–Kier alpha value is -3.69. The van der Waals surface area contributed by atoms with Crippen LogP contribution in [0.2, 0.25) is 0 Å². The van der Waals surface area contributed by atoms with Crippen molar-refractivity contribution in [2.75, 3.05) is 36.5 Å². The van der Waals surface area contributed by atoms with Crippen molar-refractivity contribution in [2.24, 2.45) is 0 Å². The van der Waals surface area contributed by atoms with Gasteiger partial charge in [0.25, 0.3) is 0 Å². The quantitative estimate of drug-likeness (QED) is 0.410.